The largest absolute Gasteiger partial charge is 0.458 e. The average molecular weight is 702 g/mol. The van der Waals surface area contributed by atoms with Gasteiger partial charge in [-0.1, -0.05) is 42.8 Å². The Labute approximate surface area is 253 Å². The summed E-state index contributed by atoms with van der Waals surface area (Å²) in [5.74, 6) is -4.23. The van der Waals surface area contributed by atoms with Gasteiger partial charge in [0.05, 0.1) is 22.2 Å². The van der Waals surface area contributed by atoms with Crippen LogP contribution in [0.1, 0.15) is 40.5 Å². The van der Waals surface area contributed by atoms with Crippen molar-refractivity contribution in [2.45, 2.75) is 68.0 Å². The Kier molecular flexibility index (Phi) is 8.15. The van der Waals surface area contributed by atoms with Crippen LogP contribution in [0, 0.1) is 28.6 Å². The van der Waals surface area contributed by atoms with Gasteiger partial charge in [0.2, 0.25) is 5.78 Å². The van der Waals surface area contributed by atoms with Crippen molar-refractivity contribution in [3.05, 3.63) is 23.8 Å². The molecule has 4 rings (SSSR count). The fourth-order valence-corrected chi connectivity index (χ4v) is 10.9. The number of aliphatic hydroxyl groups is 1. The van der Waals surface area contributed by atoms with Crippen LogP contribution in [-0.4, -0.2) is 86.1 Å². The Hall–Kier alpha value is -1.16. The first-order valence-electron chi connectivity index (χ1n) is 13.0. The Morgan fingerprint density at radius 3 is 2.27 bits per heavy atom. The number of fused-ring (bicyclic) bond motifs is 5. The fraction of sp³-hybridized carbons (Fsp3) is 0.731. The summed E-state index contributed by atoms with van der Waals surface area (Å²) in [4.78, 5) is 37.5. The van der Waals surface area contributed by atoms with E-state index in [1.165, 1.54) is 12.2 Å². The second kappa shape index (κ2) is 10.2. The number of hydrogen-bond donors (Lipinski definition) is 1. The molecule has 0 spiro atoms. The molecule has 0 aliphatic heterocycles. The van der Waals surface area contributed by atoms with Gasteiger partial charge in [0.25, 0.3) is 20.2 Å². The lowest BCUT2D eigenvalue weighted by Crippen LogP contribution is -2.73. The molecule has 0 aromatic rings. The van der Waals surface area contributed by atoms with E-state index in [1.807, 2.05) is 0 Å². The number of ketones is 2. The molecule has 3 saturated carbocycles. The van der Waals surface area contributed by atoms with E-state index in [2.05, 4.69) is 15.9 Å². The van der Waals surface area contributed by atoms with E-state index in [0.717, 1.165) is 19.4 Å². The van der Waals surface area contributed by atoms with Crippen molar-refractivity contribution in [3.63, 3.8) is 0 Å². The van der Waals surface area contributed by atoms with Crippen LogP contribution in [0.2, 0.25) is 0 Å². The van der Waals surface area contributed by atoms with Gasteiger partial charge in [-0.2, -0.15) is 16.8 Å². The molecular weight excluding hydrogens is 668 g/mol. The zero-order valence-electron chi connectivity index (χ0n) is 23.4. The molecule has 0 bridgehead atoms. The van der Waals surface area contributed by atoms with E-state index < -0.39 is 100 Å². The molecule has 0 amide bonds. The molecule has 0 radical (unpaired) electrons. The van der Waals surface area contributed by atoms with Gasteiger partial charge >= 0.3 is 5.97 Å². The molecule has 0 unspecified atom stereocenters. The van der Waals surface area contributed by atoms with Crippen LogP contribution in [0.3, 0.4) is 0 Å². The fourth-order valence-electron chi connectivity index (χ4n) is 7.93. The zero-order valence-corrected chi connectivity index (χ0v) is 27.4. The molecule has 1 N–H and O–H groups in total. The Morgan fingerprint density at radius 2 is 1.73 bits per heavy atom. The van der Waals surface area contributed by atoms with Gasteiger partial charge in [-0.15, -0.1) is 11.6 Å². The standard InChI is InChI=1S/C26H34BrClO11S2/c1-13-9-16-20-22(39-41(6,35)36)21(38-40(5,33)34)17-10-15(30)7-8-23(17,3)25(20,27)18(28)11-24(16,4)26(13,32)19(31)12-37-14(2)29/h7-8,10,13,16,18,20-22,32H,9,11-12H2,1-6H3/t13-,16-,18-,20+,21-,22+,23-,24-,25+,26-/m0/s1. The van der Waals surface area contributed by atoms with Crippen molar-refractivity contribution in [2.24, 2.45) is 28.6 Å². The quantitative estimate of drug-likeness (QED) is 0.234. The van der Waals surface area contributed by atoms with Gasteiger partial charge in [-0.05, 0) is 42.4 Å². The van der Waals surface area contributed by atoms with Crippen LogP contribution in [0.15, 0.2) is 23.8 Å². The second-order valence-corrected chi connectivity index (χ2v) is 17.2. The molecule has 230 valence electrons. The predicted octanol–water partition coefficient (Wildman–Crippen LogP) is 2.05. The number of esters is 1. The number of carbonyl (C=O) groups is 3. The van der Waals surface area contributed by atoms with Gasteiger partial charge in [-0.25, -0.2) is 0 Å². The minimum atomic E-state index is -4.26. The van der Waals surface area contributed by atoms with Gasteiger partial charge in [0.1, 0.15) is 17.8 Å². The summed E-state index contributed by atoms with van der Waals surface area (Å²) in [5, 5.41) is 11.2. The predicted molar refractivity (Wildman–Crippen MR) is 151 cm³/mol. The number of rotatable bonds is 7. The number of halogens is 2. The van der Waals surface area contributed by atoms with Crippen molar-refractivity contribution in [2.75, 3.05) is 19.1 Å². The third-order valence-corrected chi connectivity index (χ3v) is 13.4. The van der Waals surface area contributed by atoms with E-state index in [0.29, 0.717) is 0 Å². The van der Waals surface area contributed by atoms with Crippen LogP contribution >= 0.6 is 27.5 Å². The highest BCUT2D eigenvalue weighted by atomic mass is 79.9. The summed E-state index contributed by atoms with van der Waals surface area (Å²) in [6.07, 6.45) is 2.91. The molecule has 41 heavy (non-hydrogen) atoms. The Morgan fingerprint density at radius 1 is 1.15 bits per heavy atom. The molecule has 4 aliphatic rings. The molecule has 10 atom stereocenters. The number of Topliss-reactive ketones (excluding diaryl/α,β-unsaturated/α-hetero) is 1. The molecule has 3 fully saturated rings. The minimum absolute atomic E-state index is 0.0570. The van der Waals surface area contributed by atoms with Crippen molar-refractivity contribution in [1.29, 1.82) is 0 Å². The lowest BCUT2D eigenvalue weighted by atomic mass is 9.45. The number of carbonyl (C=O) groups excluding carboxylic acids is 3. The van der Waals surface area contributed by atoms with Crippen LogP contribution in [-0.2, 0) is 47.7 Å². The maximum atomic E-state index is 13.5. The maximum Gasteiger partial charge on any atom is 0.303 e. The molecule has 11 nitrogen and oxygen atoms in total. The van der Waals surface area contributed by atoms with Gasteiger partial charge in [0.15, 0.2) is 12.4 Å². The average Bonchev–Trinajstić information content (AvgIpc) is 3.01. The third-order valence-electron chi connectivity index (χ3n) is 9.62. The molecule has 4 aliphatic carbocycles. The van der Waals surface area contributed by atoms with E-state index >= 15 is 0 Å². The summed E-state index contributed by atoms with van der Waals surface area (Å²) < 4.78 is 65.2. The van der Waals surface area contributed by atoms with E-state index in [1.54, 1.807) is 26.8 Å². The molecule has 0 heterocycles. The SMILES string of the molecule is CC(=O)OCC(=O)[C@@]1(O)[C@@H](C)C[C@H]2[C@@H]3[C@@H](OS(C)(=O)=O)[C@@H](OS(C)(=O)=O)C4=CC(=O)C=C[C@]4(C)[C@@]3(Br)[C@@H](Cl)C[C@@]21C. The molecular formula is C26H34BrClO11S2. The highest BCUT2D eigenvalue weighted by molar-refractivity contribution is 9.10. The zero-order chi connectivity index (χ0) is 31.1. The minimum Gasteiger partial charge on any atom is -0.458 e. The third kappa shape index (κ3) is 4.98. The van der Waals surface area contributed by atoms with Crippen molar-refractivity contribution >= 4 is 65.3 Å². The van der Waals surface area contributed by atoms with Crippen LogP contribution in [0.5, 0.6) is 0 Å². The monoisotopic (exact) mass is 700 g/mol. The Bertz CT molecular complexity index is 1460. The summed E-state index contributed by atoms with van der Waals surface area (Å²) in [6.45, 7) is 5.55. The first-order valence-corrected chi connectivity index (χ1v) is 17.8. The van der Waals surface area contributed by atoms with Gasteiger partial charge < -0.3 is 9.84 Å². The summed E-state index contributed by atoms with van der Waals surface area (Å²) in [5.41, 5.74) is -4.35. The van der Waals surface area contributed by atoms with Crippen molar-refractivity contribution < 1.29 is 49.4 Å². The van der Waals surface area contributed by atoms with Gasteiger partial charge in [-0.3, -0.25) is 22.7 Å². The number of allylic oxidation sites excluding steroid dienone is 3. The first kappa shape index (κ1) is 32.7. The summed E-state index contributed by atoms with van der Waals surface area (Å²) in [7, 11) is -8.49. The van der Waals surface area contributed by atoms with E-state index in [9.17, 15) is 36.3 Å². The first-order chi connectivity index (χ1) is 18.5. The topological polar surface area (TPSA) is 167 Å². The Balaban J connectivity index is 1.99. The normalized spacial score (nSPS) is 43.9. The summed E-state index contributed by atoms with van der Waals surface area (Å²) >= 11 is 11.1. The summed E-state index contributed by atoms with van der Waals surface area (Å²) in [6, 6.07) is 0. The molecule has 0 saturated heterocycles. The van der Waals surface area contributed by atoms with E-state index in [-0.39, 0.29) is 18.4 Å². The molecule has 0 aromatic carbocycles. The number of ether oxygens (including phenoxy) is 1. The van der Waals surface area contributed by atoms with Crippen molar-refractivity contribution in [1.82, 2.24) is 0 Å². The van der Waals surface area contributed by atoms with Crippen LogP contribution in [0.25, 0.3) is 0 Å². The van der Waals surface area contributed by atoms with Crippen molar-refractivity contribution in [3.8, 4) is 0 Å². The molecule has 0 aromatic heterocycles. The number of hydrogen-bond acceptors (Lipinski definition) is 11. The second-order valence-electron chi connectivity index (χ2n) is 12.1. The highest BCUT2D eigenvalue weighted by Crippen LogP contribution is 2.73. The molecule has 15 heteroatoms. The van der Waals surface area contributed by atoms with Crippen LogP contribution < -0.4 is 0 Å². The highest BCUT2D eigenvalue weighted by Gasteiger charge is 2.77. The van der Waals surface area contributed by atoms with E-state index in [4.69, 9.17) is 24.7 Å². The number of alkyl halides is 2. The smallest absolute Gasteiger partial charge is 0.303 e. The maximum absolute atomic E-state index is 13.5. The van der Waals surface area contributed by atoms with Gasteiger partial charge in [0, 0.05) is 23.7 Å². The van der Waals surface area contributed by atoms with Crippen LogP contribution in [0.4, 0.5) is 0 Å². The lowest BCUT2D eigenvalue weighted by molar-refractivity contribution is -0.176. The lowest BCUT2D eigenvalue weighted by Gasteiger charge is -2.66.